The average molecular weight is 532 g/mol. The predicted octanol–water partition coefficient (Wildman–Crippen LogP) is 5.03. The molecule has 0 spiro atoms. The number of thiazole rings is 1. The molecule has 0 aliphatic carbocycles. The Bertz CT molecular complexity index is 1610. The Balaban J connectivity index is 1.42. The SMILES string of the molecule is Cn1c(=NC(=O)c2ccc(S(=O)(=O)N3CCc4ccccc4C3)cc2)sc2c(Cl)ccc(Cl)c21. The van der Waals surface area contributed by atoms with E-state index in [2.05, 4.69) is 4.99 Å². The van der Waals surface area contributed by atoms with Crippen molar-refractivity contribution in [2.45, 2.75) is 17.9 Å². The molecule has 6 nitrogen and oxygen atoms in total. The number of carbonyl (C=O) groups is 1. The van der Waals surface area contributed by atoms with Crippen molar-refractivity contribution < 1.29 is 13.2 Å². The third kappa shape index (κ3) is 4.10. The first-order valence-corrected chi connectivity index (χ1v) is 13.5. The van der Waals surface area contributed by atoms with E-state index in [4.69, 9.17) is 23.2 Å². The molecule has 0 bridgehead atoms. The highest BCUT2D eigenvalue weighted by atomic mass is 35.5. The third-order valence-electron chi connectivity index (χ3n) is 5.88. The fraction of sp³-hybridized carbons (Fsp3) is 0.167. The van der Waals surface area contributed by atoms with Gasteiger partial charge in [0.25, 0.3) is 5.91 Å². The van der Waals surface area contributed by atoms with Gasteiger partial charge in [-0.15, -0.1) is 0 Å². The molecule has 3 aromatic carbocycles. The number of halogens is 2. The summed E-state index contributed by atoms with van der Waals surface area (Å²) in [5.74, 6) is -0.481. The first kappa shape index (κ1) is 23.3. The molecule has 0 fully saturated rings. The molecule has 1 aliphatic rings. The number of aryl methyl sites for hydroxylation is 1. The van der Waals surface area contributed by atoms with Gasteiger partial charge in [0, 0.05) is 25.7 Å². The van der Waals surface area contributed by atoms with E-state index in [1.54, 1.807) is 23.7 Å². The van der Waals surface area contributed by atoms with Crippen molar-refractivity contribution in [3.63, 3.8) is 0 Å². The molecule has 4 aromatic rings. The van der Waals surface area contributed by atoms with E-state index in [-0.39, 0.29) is 10.5 Å². The highest BCUT2D eigenvalue weighted by Crippen LogP contribution is 2.31. The summed E-state index contributed by atoms with van der Waals surface area (Å²) in [6, 6.07) is 17.2. The second kappa shape index (κ2) is 8.94. The predicted molar refractivity (Wildman–Crippen MR) is 135 cm³/mol. The maximum absolute atomic E-state index is 13.2. The fourth-order valence-corrected chi connectivity index (χ4v) is 7.11. The fourth-order valence-electron chi connectivity index (χ4n) is 4.03. The lowest BCUT2D eigenvalue weighted by molar-refractivity contribution is 0.0998. The second-order valence-electron chi connectivity index (χ2n) is 7.95. The zero-order valence-corrected chi connectivity index (χ0v) is 21.2. The Morgan fingerprint density at radius 3 is 2.35 bits per heavy atom. The molecule has 1 amide bonds. The number of amides is 1. The Morgan fingerprint density at radius 2 is 1.65 bits per heavy atom. The van der Waals surface area contributed by atoms with Gasteiger partial charge in [-0.3, -0.25) is 4.79 Å². The van der Waals surface area contributed by atoms with E-state index in [1.807, 2.05) is 24.3 Å². The molecule has 34 heavy (non-hydrogen) atoms. The van der Waals surface area contributed by atoms with Crippen LogP contribution in [0.15, 0.2) is 70.6 Å². The van der Waals surface area contributed by atoms with Gasteiger partial charge in [0.05, 0.1) is 25.2 Å². The van der Waals surface area contributed by atoms with Crippen molar-refractivity contribution in [2.75, 3.05) is 6.54 Å². The highest BCUT2D eigenvalue weighted by molar-refractivity contribution is 7.89. The Morgan fingerprint density at radius 1 is 0.971 bits per heavy atom. The van der Waals surface area contributed by atoms with Gasteiger partial charge in [-0.05, 0) is 53.9 Å². The summed E-state index contributed by atoms with van der Waals surface area (Å²) < 4.78 is 30.3. The molecule has 0 saturated carbocycles. The van der Waals surface area contributed by atoms with Gasteiger partial charge >= 0.3 is 0 Å². The van der Waals surface area contributed by atoms with Crippen LogP contribution in [0.2, 0.25) is 10.0 Å². The van der Waals surface area contributed by atoms with Gasteiger partial charge in [0.1, 0.15) is 0 Å². The number of hydrogen-bond donors (Lipinski definition) is 0. The summed E-state index contributed by atoms with van der Waals surface area (Å²) >= 11 is 13.8. The van der Waals surface area contributed by atoms with Crippen molar-refractivity contribution in [1.29, 1.82) is 0 Å². The lowest BCUT2D eigenvalue weighted by Crippen LogP contribution is -2.35. The summed E-state index contributed by atoms with van der Waals surface area (Å²) in [5, 5.41) is 1.05. The Labute approximate surface area is 210 Å². The zero-order chi connectivity index (χ0) is 24.0. The summed E-state index contributed by atoms with van der Waals surface area (Å²) in [7, 11) is -1.92. The van der Waals surface area contributed by atoms with E-state index in [9.17, 15) is 13.2 Å². The molecule has 0 atom stereocenters. The smallest absolute Gasteiger partial charge is 0.279 e. The normalized spacial score (nSPS) is 15.0. The Hall–Kier alpha value is -2.49. The molecule has 0 radical (unpaired) electrons. The van der Waals surface area contributed by atoms with E-state index in [0.717, 1.165) is 10.3 Å². The number of hydrogen-bond acceptors (Lipinski definition) is 4. The third-order valence-corrected chi connectivity index (χ3v) is 9.64. The maximum atomic E-state index is 13.2. The summed E-state index contributed by atoms with van der Waals surface area (Å²) in [6.45, 7) is 0.755. The van der Waals surface area contributed by atoms with Gasteiger partial charge in [-0.1, -0.05) is 58.8 Å². The van der Waals surface area contributed by atoms with Crippen LogP contribution in [0.5, 0.6) is 0 Å². The molecule has 0 N–H and O–H groups in total. The van der Waals surface area contributed by atoms with Crippen LogP contribution in [-0.4, -0.2) is 29.7 Å². The molecule has 1 aromatic heterocycles. The molecule has 10 heteroatoms. The standard InChI is InChI=1S/C24H19Cl2N3O3S2/c1-28-21-19(25)10-11-20(26)22(21)33-24(28)27-23(30)16-6-8-18(9-7-16)34(31,32)29-13-12-15-4-2-3-5-17(15)14-29/h2-11H,12-14H2,1H3. The van der Waals surface area contributed by atoms with Crippen LogP contribution in [0.4, 0.5) is 0 Å². The Kier molecular flexibility index (Phi) is 6.12. The minimum atomic E-state index is -3.68. The molecule has 0 unspecified atom stereocenters. The van der Waals surface area contributed by atoms with Crippen molar-refractivity contribution in [1.82, 2.24) is 8.87 Å². The minimum Gasteiger partial charge on any atom is -0.318 e. The second-order valence-corrected chi connectivity index (χ2v) is 11.7. The van der Waals surface area contributed by atoms with Crippen molar-refractivity contribution >= 4 is 60.7 Å². The number of aromatic nitrogens is 1. The highest BCUT2D eigenvalue weighted by Gasteiger charge is 2.28. The summed E-state index contributed by atoms with van der Waals surface area (Å²) in [6.07, 6.45) is 0.672. The monoisotopic (exact) mass is 531 g/mol. The average Bonchev–Trinajstić information content (AvgIpc) is 3.18. The molecule has 0 saturated heterocycles. The van der Waals surface area contributed by atoms with Crippen LogP contribution >= 0.6 is 34.5 Å². The number of carbonyl (C=O) groups excluding carboxylic acids is 1. The number of fused-ring (bicyclic) bond motifs is 2. The van der Waals surface area contributed by atoms with Crippen molar-refractivity contribution in [2.24, 2.45) is 12.0 Å². The maximum Gasteiger partial charge on any atom is 0.279 e. The van der Waals surface area contributed by atoms with E-state index < -0.39 is 15.9 Å². The van der Waals surface area contributed by atoms with E-state index >= 15 is 0 Å². The number of nitrogens with zero attached hydrogens (tertiary/aromatic N) is 3. The molecule has 1 aliphatic heterocycles. The first-order chi connectivity index (χ1) is 16.3. The van der Waals surface area contributed by atoms with Crippen LogP contribution in [0.3, 0.4) is 0 Å². The first-order valence-electron chi connectivity index (χ1n) is 10.5. The molecule has 5 rings (SSSR count). The molecular weight excluding hydrogens is 513 g/mol. The zero-order valence-electron chi connectivity index (χ0n) is 18.0. The quantitative estimate of drug-likeness (QED) is 0.372. The number of benzene rings is 3. The lowest BCUT2D eigenvalue weighted by atomic mass is 10.0. The van der Waals surface area contributed by atoms with Crippen LogP contribution < -0.4 is 4.80 Å². The lowest BCUT2D eigenvalue weighted by Gasteiger charge is -2.28. The van der Waals surface area contributed by atoms with Gasteiger partial charge in [-0.25, -0.2) is 8.42 Å². The van der Waals surface area contributed by atoms with Gasteiger partial charge in [0.15, 0.2) is 4.80 Å². The van der Waals surface area contributed by atoms with Crippen LogP contribution in [0, 0.1) is 0 Å². The minimum absolute atomic E-state index is 0.148. The van der Waals surface area contributed by atoms with Crippen LogP contribution in [0.25, 0.3) is 10.2 Å². The van der Waals surface area contributed by atoms with Crippen molar-refractivity contribution in [3.05, 3.63) is 92.2 Å². The topological polar surface area (TPSA) is 71.7 Å². The van der Waals surface area contributed by atoms with E-state index in [0.29, 0.717) is 39.9 Å². The summed E-state index contributed by atoms with van der Waals surface area (Å²) in [5.41, 5.74) is 3.18. The molecular formula is C24H19Cl2N3O3S2. The van der Waals surface area contributed by atoms with Gasteiger partial charge in [-0.2, -0.15) is 9.30 Å². The molecule has 174 valence electrons. The van der Waals surface area contributed by atoms with Crippen LogP contribution in [-0.2, 0) is 30.0 Å². The van der Waals surface area contributed by atoms with Crippen LogP contribution in [0.1, 0.15) is 21.5 Å². The van der Waals surface area contributed by atoms with E-state index in [1.165, 1.54) is 45.5 Å². The number of sulfonamides is 1. The van der Waals surface area contributed by atoms with Gasteiger partial charge in [0.2, 0.25) is 10.0 Å². The number of rotatable bonds is 3. The largest absolute Gasteiger partial charge is 0.318 e. The summed E-state index contributed by atoms with van der Waals surface area (Å²) in [4.78, 5) is 17.6. The van der Waals surface area contributed by atoms with Gasteiger partial charge < -0.3 is 4.57 Å². The van der Waals surface area contributed by atoms with Crippen molar-refractivity contribution in [3.8, 4) is 0 Å². The molecule has 2 heterocycles.